The molecule has 164 valence electrons. The molecule has 4 aromatic heterocycles. The topological polar surface area (TPSA) is 115 Å². The van der Waals surface area contributed by atoms with Crippen LogP contribution in [0.2, 0.25) is 0 Å². The zero-order valence-corrected chi connectivity index (χ0v) is 19.0. The van der Waals surface area contributed by atoms with Gasteiger partial charge in [0.25, 0.3) is 0 Å². The van der Waals surface area contributed by atoms with Gasteiger partial charge in [-0.25, -0.2) is 13.8 Å². The number of aromatic amines is 1. The molecule has 1 aromatic carbocycles. The number of fused-ring (bicyclic) bond motifs is 2. The van der Waals surface area contributed by atoms with E-state index in [-0.39, 0.29) is 6.04 Å². The van der Waals surface area contributed by atoms with E-state index in [9.17, 15) is 4.39 Å². The molecule has 9 nitrogen and oxygen atoms in total. The van der Waals surface area contributed by atoms with Crippen LogP contribution in [-0.2, 0) is 0 Å². The van der Waals surface area contributed by atoms with Crippen LogP contribution in [0, 0.1) is 6.92 Å². The standard InChI is InChI=1S/C21H23FN9P/c1-10(2)31-19-16(17(29-31)13-4-5-14-12(8-13)6-7-24-14)18(23)26-21(27-19)25-15-9-30(20(22)32)28-11(15)3/h4-10,20,24H,32H2,1-3H3,(H3,23,25,26,27). The number of nitrogens with zero attached hydrogens (tertiary/aromatic N) is 6. The monoisotopic (exact) mass is 451 g/mol. The van der Waals surface area contributed by atoms with E-state index in [1.807, 2.05) is 42.9 Å². The largest absolute Gasteiger partial charge is 0.383 e. The first-order chi connectivity index (χ1) is 15.3. The molecule has 4 heterocycles. The smallest absolute Gasteiger partial charge is 0.231 e. The Morgan fingerprint density at radius 2 is 2.00 bits per heavy atom. The molecule has 5 rings (SSSR count). The minimum absolute atomic E-state index is 0.0540. The number of hydrogen-bond donors (Lipinski definition) is 3. The van der Waals surface area contributed by atoms with Gasteiger partial charge in [0.15, 0.2) is 5.65 Å². The van der Waals surface area contributed by atoms with E-state index < -0.39 is 6.04 Å². The number of nitrogens with two attached hydrogens (primary N) is 1. The first-order valence-electron chi connectivity index (χ1n) is 10.2. The van der Waals surface area contributed by atoms with Crippen molar-refractivity contribution in [1.82, 2.24) is 34.5 Å². The second-order valence-electron chi connectivity index (χ2n) is 7.90. The molecule has 0 spiro atoms. The molecule has 0 saturated carbocycles. The number of rotatable bonds is 5. The molecular formula is C21H23FN9P. The Bertz CT molecular complexity index is 1450. The Morgan fingerprint density at radius 1 is 1.19 bits per heavy atom. The molecule has 0 aliphatic heterocycles. The zero-order valence-electron chi connectivity index (χ0n) is 17.8. The van der Waals surface area contributed by atoms with Crippen molar-refractivity contribution < 1.29 is 4.39 Å². The normalized spacial score (nSPS) is 12.8. The molecule has 5 aromatic rings. The lowest BCUT2D eigenvalue weighted by atomic mass is 10.1. The second-order valence-corrected chi connectivity index (χ2v) is 8.45. The van der Waals surface area contributed by atoms with Gasteiger partial charge in [-0.05, 0) is 39.0 Å². The summed E-state index contributed by atoms with van der Waals surface area (Å²) in [7, 11) is 2.06. The van der Waals surface area contributed by atoms with Crippen molar-refractivity contribution in [3.8, 4) is 11.3 Å². The number of aryl methyl sites for hydroxylation is 1. The van der Waals surface area contributed by atoms with Gasteiger partial charge in [0.2, 0.25) is 12.0 Å². The highest BCUT2D eigenvalue weighted by Gasteiger charge is 2.21. The Labute approximate surface area is 185 Å². The molecule has 0 saturated heterocycles. The van der Waals surface area contributed by atoms with Gasteiger partial charge in [-0.15, -0.1) is 0 Å². The molecule has 0 fully saturated rings. The van der Waals surface area contributed by atoms with Crippen LogP contribution in [-0.4, -0.2) is 34.5 Å². The molecule has 11 heteroatoms. The maximum Gasteiger partial charge on any atom is 0.231 e. The molecule has 0 bridgehead atoms. The minimum Gasteiger partial charge on any atom is -0.383 e. The van der Waals surface area contributed by atoms with Gasteiger partial charge < -0.3 is 16.0 Å². The summed E-state index contributed by atoms with van der Waals surface area (Å²) in [6, 6.07) is 6.84. The summed E-state index contributed by atoms with van der Waals surface area (Å²) in [6.07, 6.45) is 3.47. The third-order valence-corrected chi connectivity index (χ3v) is 5.62. The van der Waals surface area contributed by atoms with E-state index in [0.717, 1.165) is 22.2 Å². The number of hydrogen-bond acceptors (Lipinski definition) is 6. The average Bonchev–Trinajstić information content (AvgIpc) is 3.44. The van der Waals surface area contributed by atoms with Gasteiger partial charge in [0, 0.05) is 28.7 Å². The summed E-state index contributed by atoms with van der Waals surface area (Å²) in [5, 5.41) is 13.9. The maximum atomic E-state index is 13.6. The third kappa shape index (κ3) is 3.36. The summed E-state index contributed by atoms with van der Waals surface area (Å²) >= 11 is 0. The van der Waals surface area contributed by atoms with E-state index in [4.69, 9.17) is 15.8 Å². The lowest BCUT2D eigenvalue weighted by Crippen LogP contribution is -2.06. The quantitative estimate of drug-likeness (QED) is 0.334. The molecule has 0 radical (unpaired) electrons. The number of H-pyrrole nitrogens is 1. The molecule has 2 atom stereocenters. The number of benzene rings is 1. The number of halogens is 1. The molecule has 32 heavy (non-hydrogen) atoms. The predicted molar refractivity (Wildman–Crippen MR) is 128 cm³/mol. The van der Waals surface area contributed by atoms with Crippen molar-refractivity contribution in [3.05, 3.63) is 42.4 Å². The van der Waals surface area contributed by atoms with Gasteiger partial charge in [-0.1, -0.05) is 15.3 Å². The van der Waals surface area contributed by atoms with Crippen LogP contribution in [0.3, 0.4) is 0 Å². The molecule has 2 unspecified atom stereocenters. The molecule has 0 aliphatic carbocycles. The van der Waals surface area contributed by atoms with Gasteiger partial charge in [-0.3, -0.25) is 0 Å². The highest BCUT2D eigenvalue weighted by Crippen LogP contribution is 2.34. The Morgan fingerprint density at radius 3 is 2.72 bits per heavy atom. The third-order valence-electron chi connectivity index (χ3n) is 5.31. The van der Waals surface area contributed by atoms with Crippen molar-refractivity contribution in [2.24, 2.45) is 0 Å². The van der Waals surface area contributed by atoms with Gasteiger partial charge in [-0.2, -0.15) is 20.2 Å². The first-order valence-corrected chi connectivity index (χ1v) is 10.8. The lowest BCUT2D eigenvalue weighted by molar-refractivity contribution is 0.333. The molecule has 0 amide bonds. The van der Waals surface area contributed by atoms with Crippen molar-refractivity contribution in [2.75, 3.05) is 11.1 Å². The molecule has 4 N–H and O–H groups in total. The summed E-state index contributed by atoms with van der Waals surface area (Å²) in [5.41, 5.74) is 11.0. The predicted octanol–water partition coefficient (Wildman–Crippen LogP) is 4.69. The molecular weight excluding hydrogens is 428 g/mol. The van der Waals surface area contributed by atoms with Crippen LogP contribution in [0.5, 0.6) is 0 Å². The first kappa shape index (κ1) is 20.4. The van der Waals surface area contributed by atoms with Crippen molar-refractivity contribution >= 4 is 48.6 Å². The number of alkyl halides is 1. The number of nitrogens with one attached hydrogen (secondary N) is 2. The van der Waals surface area contributed by atoms with E-state index in [2.05, 4.69) is 35.7 Å². The average molecular weight is 451 g/mol. The van der Waals surface area contributed by atoms with Gasteiger partial charge in [0.05, 0.1) is 23.0 Å². The fourth-order valence-corrected chi connectivity index (χ4v) is 3.89. The molecule has 0 aliphatic rings. The van der Waals surface area contributed by atoms with E-state index in [0.29, 0.717) is 34.2 Å². The van der Waals surface area contributed by atoms with Crippen LogP contribution in [0.4, 0.5) is 21.8 Å². The summed E-state index contributed by atoms with van der Waals surface area (Å²) < 4.78 is 16.6. The Balaban J connectivity index is 1.64. The fourth-order valence-electron chi connectivity index (χ4n) is 3.73. The van der Waals surface area contributed by atoms with Gasteiger partial charge in [0.1, 0.15) is 11.5 Å². The van der Waals surface area contributed by atoms with Crippen molar-refractivity contribution in [1.29, 1.82) is 0 Å². The van der Waals surface area contributed by atoms with E-state index >= 15 is 0 Å². The maximum absolute atomic E-state index is 13.6. The van der Waals surface area contributed by atoms with Crippen LogP contribution < -0.4 is 11.1 Å². The van der Waals surface area contributed by atoms with E-state index in [1.54, 1.807) is 13.1 Å². The summed E-state index contributed by atoms with van der Waals surface area (Å²) in [4.78, 5) is 12.4. The number of nitrogen functional groups attached to an aromatic ring is 1. The highest BCUT2D eigenvalue weighted by molar-refractivity contribution is 7.16. The van der Waals surface area contributed by atoms with Gasteiger partial charge >= 0.3 is 0 Å². The van der Waals surface area contributed by atoms with Crippen LogP contribution in [0.15, 0.2) is 36.7 Å². The van der Waals surface area contributed by atoms with E-state index in [1.165, 1.54) is 4.68 Å². The number of anilines is 3. The Hall–Kier alpha value is -3.52. The lowest BCUT2D eigenvalue weighted by Gasteiger charge is -2.08. The fraction of sp³-hybridized carbons (Fsp3) is 0.238. The minimum atomic E-state index is -1.32. The van der Waals surface area contributed by atoms with Crippen LogP contribution in [0.25, 0.3) is 33.2 Å². The highest BCUT2D eigenvalue weighted by atomic mass is 31.0. The van der Waals surface area contributed by atoms with Crippen LogP contribution >= 0.6 is 9.24 Å². The second kappa shape index (κ2) is 7.56. The summed E-state index contributed by atoms with van der Waals surface area (Å²) in [6.45, 7) is 5.85. The van der Waals surface area contributed by atoms with Crippen molar-refractivity contribution in [3.63, 3.8) is 0 Å². The SMILES string of the molecule is Cc1nn(C(F)P)cc1Nc1nc(N)c2c(-c3ccc4[nH]ccc4c3)nn(C(C)C)c2n1. The summed E-state index contributed by atoms with van der Waals surface area (Å²) in [5.74, 6) is 0.610. The number of aromatic nitrogens is 7. The Kier molecular flexibility index (Phi) is 4.82. The van der Waals surface area contributed by atoms with Crippen molar-refractivity contribution in [2.45, 2.75) is 32.8 Å². The zero-order chi connectivity index (χ0) is 22.6. The van der Waals surface area contributed by atoms with Crippen LogP contribution in [0.1, 0.15) is 31.6 Å².